The van der Waals surface area contributed by atoms with Crippen molar-refractivity contribution in [3.05, 3.63) is 23.2 Å². The Kier molecular flexibility index (Phi) is 4.32. The van der Waals surface area contributed by atoms with Gasteiger partial charge in [-0.1, -0.05) is 0 Å². The number of aliphatic hydroxyl groups excluding tert-OH is 2. The van der Waals surface area contributed by atoms with Crippen molar-refractivity contribution in [3.8, 4) is 0 Å². The second kappa shape index (κ2) is 5.30. The first-order valence-electron chi connectivity index (χ1n) is 5.13. The van der Waals surface area contributed by atoms with Gasteiger partial charge in [-0.15, -0.1) is 0 Å². The first-order valence-corrected chi connectivity index (χ1v) is 5.13. The molecule has 1 aromatic rings. The molecule has 2 atom stereocenters. The Bertz CT molecular complexity index is 309. The third kappa shape index (κ3) is 3.34. The highest BCUT2D eigenvalue weighted by Gasteiger charge is 2.13. The molecule has 0 bridgehead atoms. The molecule has 0 fully saturated rings. The summed E-state index contributed by atoms with van der Waals surface area (Å²) in [7, 11) is 0. The molecule has 1 heterocycles. The predicted octanol–water partition coefficient (Wildman–Crippen LogP) is 0.900. The van der Waals surface area contributed by atoms with E-state index in [2.05, 4.69) is 5.32 Å². The van der Waals surface area contributed by atoms with Crippen LogP contribution in [0.1, 0.15) is 30.0 Å². The summed E-state index contributed by atoms with van der Waals surface area (Å²) in [5, 5.41) is 21.0. The molecule has 0 radical (unpaired) electrons. The van der Waals surface area contributed by atoms with Crippen LogP contribution in [0.25, 0.3) is 0 Å². The molecule has 0 saturated heterocycles. The minimum absolute atomic E-state index is 0.114. The lowest BCUT2D eigenvalue weighted by atomic mass is 10.1. The van der Waals surface area contributed by atoms with E-state index in [4.69, 9.17) is 9.52 Å². The summed E-state index contributed by atoms with van der Waals surface area (Å²) in [4.78, 5) is 0. The van der Waals surface area contributed by atoms with Crippen LogP contribution < -0.4 is 5.32 Å². The van der Waals surface area contributed by atoms with Crippen LogP contribution >= 0.6 is 0 Å². The summed E-state index contributed by atoms with van der Waals surface area (Å²) >= 11 is 0. The van der Waals surface area contributed by atoms with Crippen molar-refractivity contribution in [2.24, 2.45) is 0 Å². The van der Waals surface area contributed by atoms with Crippen molar-refractivity contribution in [2.75, 3.05) is 13.2 Å². The fourth-order valence-corrected chi connectivity index (χ4v) is 1.57. The second-order valence-electron chi connectivity index (χ2n) is 3.83. The van der Waals surface area contributed by atoms with E-state index in [1.807, 2.05) is 26.8 Å². The maximum Gasteiger partial charge on any atom is 0.105 e. The quantitative estimate of drug-likeness (QED) is 0.680. The highest BCUT2D eigenvalue weighted by molar-refractivity contribution is 5.23. The van der Waals surface area contributed by atoms with E-state index >= 15 is 0 Å². The van der Waals surface area contributed by atoms with E-state index in [-0.39, 0.29) is 12.6 Å². The van der Waals surface area contributed by atoms with Crippen LogP contribution in [0.15, 0.2) is 10.5 Å². The van der Waals surface area contributed by atoms with Gasteiger partial charge in [-0.2, -0.15) is 0 Å². The van der Waals surface area contributed by atoms with Gasteiger partial charge in [-0.3, -0.25) is 0 Å². The zero-order valence-electron chi connectivity index (χ0n) is 9.45. The zero-order chi connectivity index (χ0) is 11.4. The molecule has 3 N–H and O–H groups in total. The van der Waals surface area contributed by atoms with E-state index in [1.54, 1.807) is 0 Å². The van der Waals surface area contributed by atoms with Crippen molar-refractivity contribution in [1.82, 2.24) is 5.32 Å². The van der Waals surface area contributed by atoms with Crippen LogP contribution in [0.2, 0.25) is 0 Å². The molecule has 4 heteroatoms. The van der Waals surface area contributed by atoms with E-state index in [0.717, 1.165) is 17.1 Å². The van der Waals surface area contributed by atoms with Gasteiger partial charge in [-0.05, 0) is 26.8 Å². The van der Waals surface area contributed by atoms with E-state index in [0.29, 0.717) is 6.54 Å². The number of hydrogen-bond donors (Lipinski definition) is 3. The molecule has 0 spiro atoms. The molecule has 4 nitrogen and oxygen atoms in total. The van der Waals surface area contributed by atoms with Gasteiger partial charge in [0.05, 0.1) is 12.7 Å². The first kappa shape index (κ1) is 12.2. The Labute approximate surface area is 89.9 Å². The Hall–Kier alpha value is -0.840. The molecule has 0 aliphatic rings. The maximum atomic E-state index is 9.19. The predicted molar refractivity (Wildman–Crippen MR) is 57.7 cm³/mol. The topological polar surface area (TPSA) is 65.6 Å². The third-order valence-corrected chi connectivity index (χ3v) is 2.42. The highest BCUT2D eigenvalue weighted by atomic mass is 16.3. The summed E-state index contributed by atoms with van der Waals surface area (Å²) < 4.78 is 5.42. The smallest absolute Gasteiger partial charge is 0.105 e. The zero-order valence-corrected chi connectivity index (χ0v) is 9.45. The summed E-state index contributed by atoms with van der Waals surface area (Å²) in [6.07, 6.45) is -0.708. The molecule has 1 rings (SSSR count). The maximum absolute atomic E-state index is 9.19. The Morgan fingerprint density at radius 2 is 2.13 bits per heavy atom. The van der Waals surface area contributed by atoms with Crippen LogP contribution in [0.5, 0.6) is 0 Å². The highest BCUT2D eigenvalue weighted by Crippen LogP contribution is 2.20. The Morgan fingerprint density at radius 3 is 2.60 bits per heavy atom. The number of nitrogens with one attached hydrogen (secondary N) is 1. The molecule has 1 aromatic heterocycles. The van der Waals surface area contributed by atoms with Crippen molar-refractivity contribution in [1.29, 1.82) is 0 Å². The number of aliphatic hydroxyl groups is 2. The fourth-order valence-electron chi connectivity index (χ4n) is 1.57. The third-order valence-electron chi connectivity index (χ3n) is 2.42. The number of aryl methyl sites for hydroxylation is 2. The second-order valence-corrected chi connectivity index (χ2v) is 3.83. The normalized spacial score (nSPS) is 15.3. The lowest BCUT2D eigenvalue weighted by Crippen LogP contribution is -2.31. The van der Waals surface area contributed by atoms with Gasteiger partial charge in [0.25, 0.3) is 0 Å². The minimum atomic E-state index is -0.708. The minimum Gasteiger partial charge on any atom is -0.466 e. The van der Waals surface area contributed by atoms with Crippen LogP contribution in [0, 0.1) is 13.8 Å². The number of hydrogen-bond acceptors (Lipinski definition) is 4. The molecule has 0 amide bonds. The SMILES string of the molecule is Cc1cc(C(C)NCC(O)CO)c(C)o1. The monoisotopic (exact) mass is 213 g/mol. The van der Waals surface area contributed by atoms with Crippen molar-refractivity contribution < 1.29 is 14.6 Å². The van der Waals surface area contributed by atoms with E-state index in [9.17, 15) is 5.11 Å². The van der Waals surface area contributed by atoms with Crippen molar-refractivity contribution in [2.45, 2.75) is 32.9 Å². The average Bonchev–Trinajstić information content (AvgIpc) is 2.53. The van der Waals surface area contributed by atoms with Crippen LogP contribution in [-0.4, -0.2) is 29.5 Å². The Morgan fingerprint density at radius 1 is 1.47 bits per heavy atom. The molecule has 0 aromatic carbocycles. The van der Waals surface area contributed by atoms with Gasteiger partial charge in [0.1, 0.15) is 11.5 Å². The molecule has 0 aliphatic heterocycles. The number of furan rings is 1. The van der Waals surface area contributed by atoms with Gasteiger partial charge in [0, 0.05) is 18.2 Å². The molecule has 86 valence electrons. The standard InChI is InChI=1S/C11H19NO3/c1-7-4-11(9(3)15-7)8(2)12-5-10(14)6-13/h4,8,10,12-14H,5-6H2,1-3H3. The van der Waals surface area contributed by atoms with Crippen LogP contribution in [0.3, 0.4) is 0 Å². The van der Waals surface area contributed by atoms with Crippen LogP contribution in [-0.2, 0) is 0 Å². The molecular formula is C11H19NO3. The van der Waals surface area contributed by atoms with E-state index in [1.165, 1.54) is 0 Å². The van der Waals surface area contributed by atoms with Crippen molar-refractivity contribution >= 4 is 0 Å². The van der Waals surface area contributed by atoms with Gasteiger partial charge in [-0.25, -0.2) is 0 Å². The van der Waals surface area contributed by atoms with Gasteiger partial charge in [0.15, 0.2) is 0 Å². The molecule has 0 saturated carbocycles. The van der Waals surface area contributed by atoms with Crippen LogP contribution in [0.4, 0.5) is 0 Å². The number of rotatable bonds is 5. The summed E-state index contributed by atoms with van der Waals surface area (Å²) in [6, 6.07) is 2.10. The average molecular weight is 213 g/mol. The van der Waals surface area contributed by atoms with Gasteiger partial charge >= 0.3 is 0 Å². The van der Waals surface area contributed by atoms with Gasteiger partial charge < -0.3 is 19.9 Å². The lowest BCUT2D eigenvalue weighted by Gasteiger charge is -2.15. The fraction of sp³-hybridized carbons (Fsp3) is 0.636. The van der Waals surface area contributed by atoms with E-state index < -0.39 is 6.10 Å². The molecule has 15 heavy (non-hydrogen) atoms. The summed E-state index contributed by atoms with van der Waals surface area (Å²) in [5.74, 6) is 1.78. The summed E-state index contributed by atoms with van der Waals surface area (Å²) in [6.45, 7) is 5.99. The Balaban J connectivity index is 2.53. The molecule has 2 unspecified atom stereocenters. The largest absolute Gasteiger partial charge is 0.466 e. The first-order chi connectivity index (χ1) is 7.04. The molecule has 0 aliphatic carbocycles. The van der Waals surface area contributed by atoms with Crippen molar-refractivity contribution in [3.63, 3.8) is 0 Å². The summed E-state index contributed by atoms with van der Waals surface area (Å²) in [5.41, 5.74) is 1.10. The lowest BCUT2D eigenvalue weighted by molar-refractivity contribution is 0.0923. The van der Waals surface area contributed by atoms with Gasteiger partial charge in [0.2, 0.25) is 0 Å². The molecular weight excluding hydrogens is 194 g/mol.